The second-order valence-corrected chi connectivity index (χ2v) is 3.33. The molecule has 0 unspecified atom stereocenters. The third kappa shape index (κ3) is 1.38. The third-order valence-electron chi connectivity index (χ3n) is 2.28. The molecule has 0 bridgehead atoms. The third-order valence-corrected chi connectivity index (χ3v) is 2.28. The zero-order valence-corrected chi connectivity index (χ0v) is 7.83. The van der Waals surface area contributed by atoms with Crippen molar-refractivity contribution < 1.29 is 0 Å². The summed E-state index contributed by atoms with van der Waals surface area (Å²) in [6.07, 6.45) is 1.70. The Morgan fingerprint density at radius 3 is 2.86 bits per heavy atom. The Bertz CT molecular complexity index is 470. The minimum atomic E-state index is -0.149. The highest BCUT2D eigenvalue weighted by Gasteiger charge is 2.05. The van der Waals surface area contributed by atoms with E-state index in [1.807, 2.05) is 24.3 Å². The van der Waals surface area contributed by atoms with Crippen LogP contribution in [0.3, 0.4) is 0 Å². The number of aromatic amines is 1. The summed E-state index contributed by atoms with van der Waals surface area (Å²) in [5, 5.41) is 1.08. The Hall–Kier alpha value is -1.74. The predicted octanol–water partition coefficient (Wildman–Crippen LogP) is 1.94. The van der Waals surface area contributed by atoms with Gasteiger partial charge in [-0.2, -0.15) is 0 Å². The molecule has 5 N–H and O–H groups in total. The first kappa shape index (κ1) is 8.84. The molecular weight excluding hydrogens is 174 g/mol. The number of hydrogen-bond donors (Lipinski definition) is 3. The van der Waals surface area contributed by atoms with Crippen LogP contribution in [-0.2, 0) is 0 Å². The molecule has 0 aliphatic heterocycles. The van der Waals surface area contributed by atoms with Crippen molar-refractivity contribution in [1.82, 2.24) is 4.98 Å². The molecule has 1 heterocycles. The lowest BCUT2D eigenvalue weighted by Crippen LogP contribution is -2.06. The van der Waals surface area contributed by atoms with Crippen molar-refractivity contribution in [3.05, 3.63) is 42.6 Å². The number of nitrogens with two attached hydrogens (primary N) is 2. The lowest BCUT2D eigenvalue weighted by molar-refractivity contribution is 0.880. The van der Waals surface area contributed by atoms with E-state index in [-0.39, 0.29) is 6.04 Å². The summed E-state index contributed by atoms with van der Waals surface area (Å²) in [7, 11) is 0. The van der Waals surface area contributed by atoms with Gasteiger partial charge in [-0.15, -0.1) is 6.58 Å². The van der Waals surface area contributed by atoms with Crippen molar-refractivity contribution in [3.63, 3.8) is 0 Å². The van der Waals surface area contributed by atoms with Crippen LogP contribution in [-0.4, -0.2) is 4.98 Å². The lowest BCUT2D eigenvalue weighted by atomic mass is 10.2. The number of rotatable bonds is 2. The number of anilines is 1. The SMILES string of the molecule is C=C[C@@H](N)c1cc2cc(N)ccc2[nH]1. The van der Waals surface area contributed by atoms with E-state index >= 15 is 0 Å². The normalized spacial score (nSPS) is 12.9. The molecule has 2 aromatic rings. The second kappa shape index (κ2) is 3.20. The number of aromatic nitrogens is 1. The lowest BCUT2D eigenvalue weighted by Gasteiger charge is -2.00. The van der Waals surface area contributed by atoms with Crippen molar-refractivity contribution in [2.45, 2.75) is 6.04 Å². The average Bonchev–Trinajstić information content (AvgIpc) is 2.59. The summed E-state index contributed by atoms with van der Waals surface area (Å²) in [5.41, 5.74) is 14.3. The number of hydrogen-bond acceptors (Lipinski definition) is 2. The molecule has 14 heavy (non-hydrogen) atoms. The standard InChI is InChI=1S/C11H13N3/c1-2-9(13)11-6-7-5-8(12)3-4-10(7)14-11/h2-6,9,14H,1,12-13H2/t9-/m1/s1. The van der Waals surface area contributed by atoms with Gasteiger partial charge in [0.15, 0.2) is 0 Å². The van der Waals surface area contributed by atoms with Crippen LogP contribution < -0.4 is 11.5 Å². The fourth-order valence-electron chi connectivity index (χ4n) is 1.48. The average molecular weight is 187 g/mol. The van der Waals surface area contributed by atoms with Crippen LogP contribution in [0.15, 0.2) is 36.9 Å². The number of fused-ring (bicyclic) bond motifs is 1. The molecule has 3 nitrogen and oxygen atoms in total. The van der Waals surface area contributed by atoms with Crippen LogP contribution in [0.25, 0.3) is 10.9 Å². The summed E-state index contributed by atoms with van der Waals surface area (Å²) in [4.78, 5) is 3.22. The zero-order chi connectivity index (χ0) is 10.1. The molecule has 0 aliphatic carbocycles. The molecule has 0 spiro atoms. The Kier molecular flexibility index (Phi) is 2.02. The zero-order valence-electron chi connectivity index (χ0n) is 7.83. The molecular formula is C11H13N3. The van der Waals surface area contributed by atoms with E-state index in [0.29, 0.717) is 0 Å². The molecule has 1 aromatic heterocycles. The van der Waals surface area contributed by atoms with Gasteiger partial charge in [-0.1, -0.05) is 6.08 Å². The van der Waals surface area contributed by atoms with Crippen LogP contribution >= 0.6 is 0 Å². The molecule has 0 saturated heterocycles. The summed E-state index contributed by atoms with van der Waals surface area (Å²) < 4.78 is 0. The molecule has 1 aromatic carbocycles. The van der Waals surface area contributed by atoms with Gasteiger partial charge in [-0.05, 0) is 24.3 Å². The first-order valence-electron chi connectivity index (χ1n) is 4.47. The fourth-order valence-corrected chi connectivity index (χ4v) is 1.48. The Balaban J connectivity index is 2.56. The fraction of sp³-hybridized carbons (Fsp3) is 0.0909. The van der Waals surface area contributed by atoms with Crippen LogP contribution in [0.4, 0.5) is 5.69 Å². The molecule has 0 fully saturated rings. The smallest absolute Gasteiger partial charge is 0.0631 e. The van der Waals surface area contributed by atoms with Crippen molar-refractivity contribution >= 4 is 16.6 Å². The molecule has 3 heteroatoms. The van der Waals surface area contributed by atoms with E-state index in [0.717, 1.165) is 22.3 Å². The highest BCUT2D eigenvalue weighted by molar-refractivity contribution is 5.83. The summed E-state index contributed by atoms with van der Waals surface area (Å²) in [6.45, 7) is 3.66. The van der Waals surface area contributed by atoms with E-state index in [2.05, 4.69) is 11.6 Å². The van der Waals surface area contributed by atoms with Crippen molar-refractivity contribution in [1.29, 1.82) is 0 Å². The number of benzene rings is 1. The maximum atomic E-state index is 5.82. The Morgan fingerprint density at radius 1 is 1.36 bits per heavy atom. The van der Waals surface area contributed by atoms with Crippen LogP contribution in [0.5, 0.6) is 0 Å². The van der Waals surface area contributed by atoms with E-state index in [1.165, 1.54) is 0 Å². The maximum absolute atomic E-state index is 5.82. The first-order valence-corrected chi connectivity index (χ1v) is 4.47. The Morgan fingerprint density at radius 2 is 2.14 bits per heavy atom. The number of nitrogens with one attached hydrogen (secondary N) is 1. The second-order valence-electron chi connectivity index (χ2n) is 3.33. The van der Waals surface area contributed by atoms with Gasteiger partial charge in [0.1, 0.15) is 0 Å². The van der Waals surface area contributed by atoms with Gasteiger partial charge in [0.2, 0.25) is 0 Å². The van der Waals surface area contributed by atoms with E-state index in [1.54, 1.807) is 6.08 Å². The van der Waals surface area contributed by atoms with Crippen molar-refractivity contribution in [3.8, 4) is 0 Å². The minimum Gasteiger partial charge on any atom is -0.399 e. The molecule has 72 valence electrons. The van der Waals surface area contributed by atoms with Crippen LogP contribution in [0.1, 0.15) is 11.7 Å². The van der Waals surface area contributed by atoms with Crippen LogP contribution in [0.2, 0.25) is 0 Å². The summed E-state index contributed by atoms with van der Waals surface area (Å²) in [6, 6.07) is 7.58. The number of nitrogen functional groups attached to an aromatic ring is 1. The minimum absolute atomic E-state index is 0.149. The highest BCUT2D eigenvalue weighted by Crippen LogP contribution is 2.21. The van der Waals surface area contributed by atoms with E-state index < -0.39 is 0 Å². The van der Waals surface area contributed by atoms with Gasteiger partial charge in [0, 0.05) is 22.3 Å². The molecule has 0 saturated carbocycles. The van der Waals surface area contributed by atoms with Crippen molar-refractivity contribution in [2.24, 2.45) is 5.73 Å². The van der Waals surface area contributed by atoms with Crippen molar-refractivity contribution in [2.75, 3.05) is 5.73 Å². The summed E-state index contributed by atoms with van der Waals surface area (Å²) >= 11 is 0. The molecule has 2 rings (SSSR count). The van der Waals surface area contributed by atoms with Gasteiger partial charge in [0.25, 0.3) is 0 Å². The first-order chi connectivity index (χ1) is 6.70. The topological polar surface area (TPSA) is 67.8 Å². The highest BCUT2D eigenvalue weighted by atomic mass is 14.8. The van der Waals surface area contributed by atoms with Gasteiger partial charge >= 0.3 is 0 Å². The van der Waals surface area contributed by atoms with Gasteiger partial charge < -0.3 is 16.5 Å². The largest absolute Gasteiger partial charge is 0.399 e. The molecule has 0 amide bonds. The van der Waals surface area contributed by atoms with Gasteiger partial charge in [-0.3, -0.25) is 0 Å². The van der Waals surface area contributed by atoms with Crippen LogP contribution in [0, 0.1) is 0 Å². The quantitative estimate of drug-likeness (QED) is 0.496. The number of H-pyrrole nitrogens is 1. The summed E-state index contributed by atoms with van der Waals surface area (Å²) in [5.74, 6) is 0. The van der Waals surface area contributed by atoms with E-state index in [4.69, 9.17) is 11.5 Å². The van der Waals surface area contributed by atoms with Gasteiger partial charge in [0.05, 0.1) is 6.04 Å². The van der Waals surface area contributed by atoms with Gasteiger partial charge in [-0.25, -0.2) is 0 Å². The molecule has 0 aliphatic rings. The van der Waals surface area contributed by atoms with E-state index in [9.17, 15) is 0 Å². The maximum Gasteiger partial charge on any atom is 0.0631 e. The monoisotopic (exact) mass is 187 g/mol. The molecule has 1 atom stereocenters. The Labute approximate surface area is 82.4 Å². The predicted molar refractivity (Wildman–Crippen MR) is 59.8 cm³/mol. The molecule has 0 radical (unpaired) electrons.